The number of hydrogen-bond acceptors (Lipinski definition) is 4. The normalized spacial score (nSPS) is 20.5. The number of aromatic nitrogens is 1. The molecule has 1 atom stereocenters. The molecule has 1 aliphatic heterocycles. The van der Waals surface area contributed by atoms with Crippen molar-refractivity contribution in [3.63, 3.8) is 0 Å². The van der Waals surface area contributed by atoms with Gasteiger partial charge in [-0.15, -0.1) is 0 Å². The number of anilines is 2. The Hall–Kier alpha value is -1.43. The highest BCUT2D eigenvalue weighted by Gasteiger charge is 2.24. The second-order valence-electron chi connectivity index (χ2n) is 3.99. The Kier molecular flexibility index (Phi) is 3.42. The molecule has 0 radical (unpaired) electrons. The third kappa shape index (κ3) is 2.31. The minimum absolute atomic E-state index is 0.0286. The van der Waals surface area contributed by atoms with Crippen molar-refractivity contribution in [2.45, 2.75) is 13.0 Å². The summed E-state index contributed by atoms with van der Waals surface area (Å²) in [7, 11) is 1.55. The molecule has 0 aromatic carbocycles. The van der Waals surface area contributed by atoms with E-state index < -0.39 is 11.6 Å². The van der Waals surface area contributed by atoms with Gasteiger partial charge in [0.1, 0.15) is 0 Å². The zero-order valence-electron chi connectivity index (χ0n) is 9.83. The second kappa shape index (κ2) is 4.83. The van der Waals surface area contributed by atoms with Crippen molar-refractivity contribution in [2.75, 3.05) is 37.0 Å². The molecule has 0 aliphatic carbocycles. The molecule has 0 spiro atoms. The van der Waals surface area contributed by atoms with Crippen LogP contribution in [0.3, 0.4) is 0 Å². The van der Waals surface area contributed by atoms with Crippen LogP contribution in [0.15, 0.2) is 6.07 Å². The second-order valence-corrected chi connectivity index (χ2v) is 3.99. The number of nitrogens with one attached hydrogen (secondary N) is 1. The maximum absolute atomic E-state index is 13.7. The molecule has 17 heavy (non-hydrogen) atoms. The third-order valence-electron chi connectivity index (χ3n) is 2.79. The summed E-state index contributed by atoms with van der Waals surface area (Å²) in [5.41, 5.74) is 0. The smallest absolute Gasteiger partial charge is 0.168 e. The molecule has 1 unspecified atom stereocenters. The number of hydrogen-bond donors (Lipinski definition) is 1. The quantitative estimate of drug-likeness (QED) is 0.856. The van der Waals surface area contributed by atoms with Crippen molar-refractivity contribution < 1.29 is 13.5 Å². The zero-order chi connectivity index (χ0) is 12.4. The predicted octanol–water partition coefficient (Wildman–Crippen LogP) is 1.63. The fourth-order valence-electron chi connectivity index (χ4n) is 1.88. The van der Waals surface area contributed by atoms with Gasteiger partial charge in [-0.3, -0.25) is 0 Å². The van der Waals surface area contributed by atoms with Crippen LogP contribution in [0.2, 0.25) is 0 Å². The van der Waals surface area contributed by atoms with E-state index >= 15 is 0 Å². The Morgan fingerprint density at radius 1 is 1.47 bits per heavy atom. The Labute approximate surface area is 98.6 Å². The van der Waals surface area contributed by atoms with Gasteiger partial charge in [0, 0.05) is 19.7 Å². The van der Waals surface area contributed by atoms with E-state index in [2.05, 4.69) is 10.3 Å². The largest absolute Gasteiger partial charge is 0.377 e. The third-order valence-corrected chi connectivity index (χ3v) is 2.79. The lowest BCUT2D eigenvalue weighted by atomic mass is 10.2. The van der Waals surface area contributed by atoms with Crippen LogP contribution < -0.4 is 10.2 Å². The van der Waals surface area contributed by atoms with Crippen LogP contribution in [-0.2, 0) is 4.74 Å². The van der Waals surface area contributed by atoms with Crippen LogP contribution >= 0.6 is 0 Å². The molecular weight excluding hydrogens is 228 g/mol. The molecule has 1 aromatic heterocycles. The molecule has 0 amide bonds. The number of rotatable bonds is 2. The van der Waals surface area contributed by atoms with Crippen LogP contribution in [0.4, 0.5) is 20.4 Å². The molecule has 1 fully saturated rings. The van der Waals surface area contributed by atoms with E-state index in [0.29, 0.717) is 19.8 Å². The summed E-state index contributed by atoms with van der Waals surface area (Å²) in [5, 5.41) is 2.61. The van der Waals surface area contributed by atoms with Crippen LogP contribution in [0, 0.1) is 11.6 Å². The molecule has 1 saturated heterocycles. The minimum atomic E-state index is -0.685. The summed E-state index contributed by atoms with van der Waals surface area (Å²) >= 11 is 0. The first-order valence-corrected chi connectivity index (χ1v) is 5.51. The van der Waals surface area contributed by atoms with Crippen molar-refractivity contribution in [1.82, 2.24) is 4.98 Å². The SMILES string of the molecule is CNc1nc(N2CCOCC2C)c(F)cc1F. The number of pyridine rings is 1. The Morgan fingerprint density at radius 3 is 2.88 bits per heavy atom. The summed E-state index contributed by atoms with van der Waals surface area (Å²) in [5.74, 6) is -1.10. The molecule has 1 aromatic rings. The molecule has 0 saturated carbocycles. The summed E-state index contributed by atoms with van der Waals surface area (Å²) in [6.45, 7) is 3.52. The summed E-state index contributed by atoms with van der Waals surface area (Å²) < 4.78 is 32.3. The highest BCUT2D eigenvalue weighted by atomic mass is 19.1. The standard InChI is InChI=1S/C11H15F2N3O/c1-7-6-17-4-3-16(7)11-9(13)5-8(12)10(14-2)15-11/h5,7H,3-4,6H2,1-2H3,(H,14,15). The molecule has 2 heterocycles. The first kappa shape index (κ1) is 12.0. The Bertz CT molecular complexity index is 414. The van der Waals surface area contributed by atoms with Gasteiger partial charge in [0.05, 0.1) is 19.3 Å². The van der Waals surface area contributed by atoms with Crippen LogP contribution in [0.25, 0.3) is 0 Å². The van der Waals surface area contributed by atoms with Gasteiger partial charge >= 0.3 is 0 Å². The number of halogens is 2. The van der Waals surface area contributed by atoms with Gasteiger partial charge in [0.15, 0.2) is 23.3 Å². The monoisotopic (exact) mass is 243 g/mol. The van der Waals surface area contributed by atoms with Gasteiger partial charge in [-0.2, -0.15) is 0 Å². The van der Waals surface area contributed by atoms with Gasteiger partial charge in [-0.1, -0.05) is 0 Å². The van der Waals surface area contributed by atoms with Crippen molar-refractivity contribution in [1.29, 1.82) is 0 Å². The lowest BCUT2D eigenvalue weighted by Gasteiger charge is -2.34. The number of nitrogens with zero attached hydrogens (tertiary/aromatic N) is 2. The topological polar surface area (TPSA) is 37.4 Å². The van der Waals surface area contributed by atoms with Crippen molar-refractivity contribution in [3.05, 3.63) is 17.7 Å². The van der Waals surface area contributed by atoms with E-state index in [0.717, 1.165) is 6.07 Å². The number of ether oxygens (including phenoxy) is 1. The van der Waals surface area contributed by atoms with Gasteiger partial charge in [0.25, 0.3) is 0 Å². The summed E-state index contributed by atoms with van der Waals surface area (Å²) in [6, 6.07) is 0.886. The fourth-order valence-corrected chi connectivity index (χ4v) is 1.88. The lowest BCUT2D eigenvalue weighted by molar-refractivity contribution is 0.0981. The van der Waals surface area contributed by atoms with E-state index in [-0.39, 0.29) is 17.7 Å². The highest BCUT2D eigenvalue weighted by Crippen LogP contribution is 2.24. The van der Waals surface area contributed by atoms with Crippen molar-refractivity contribution in [3.8, 4) is 0 Å². The van der Waals surface area contributed by atoms with Gasteiger partial charge in [0.2, 0.25) is 0 Å². The van der Waals surface area contributed by atoms with Crippen LogP contribution in [0.1, 0.15) is 6.92 Å². The van der Waals surface area contributed by atoms with Gasteiger partial charge < -0.3 is 15.0 Å². The Balaban J connectivity index is 2.36. The maximum atomic E-state index is 13.7. The fraction of sp³-hybridized carbons (Fsp3) is 0.545. The average Bonchev–Trinajstić information content (AvgIpc) is 2.31. The molecule has 4 nitrogen and oxygen atoms in total. The molecule has 0 bridgehead atoms. The predicted molar refractivity (Wildman–Crippen MR) is 61.3 cm³/mol. The van der Waals surface area contributed by atoms with E-state index in [1.807, 2.05) is 6.92 Å². The van der Waals surface area contributed by atoms with Crippen LogP contribution in [0.5, 0.6) is 0 Å². The maximum Gasteiger partial charge on any atom is 0.168 e. The summed E-state index contributed by atoms with van der Waals surface area (Å²) in [6.07, 6.45) is 0. The van der Waals surface area contributed by atoms with Gasteiger partial charge in [-0.25, -0.2) is 13.8 Å². The van der Waals surface area contributed by atoms with Crippen molar-refractivity contribution >= 4 is 11.6 Å². The van der Waals surface area contributed by atoms with E-state index in [4.69, 9.17) is 4.74 Å². The molecule has 94 valence electrons. The van der Waals surface area contributed by atoms with E-state index in [9.17, 15) is 8.78 Å². The highest BCUT2D eigenvalue weighted by molar-refractivity contribution is 5.49. The first-order valence-electron chi connectivity index (χ1n) is 5.51. The van der Waals surface area contributed by atoms with Crippen molar-refractivity contribution in [2.24, 2.45) is 0 Å². The molecule has 2 rings (SSSR count). The first-order chi connectivity index (χ1) is 8.13. The minimum Gasteiger partial charge on any atom is -0.377 e. The van der Waals surface area contributed by atoms with E-state index in [1.54, 1.807) is 11.9 Å². The zero-order valence-corrected chi connectivity index (χ0v) is 9.83. The van der Waals surface area contributed by atoms with Gasteiger partial charge in [-0.05, 0) is 6.92 Å². The number of morpholine rings is 1. The van der Waals surface area contributed by atoms with Crippen LogP contribution in [-0.4, -0.2) is 37.8 Å². The lowest BCUT2D eigenvalue weighted by Crippen LogP contribution is -2.44. The molecule has 1 aliphatic rings. The Morgan fingerprint density at radius 2 is 2.24 bits per heavy atom. The average molecular weight is 243 g/mol. The molecule has 1 N–H and O–H groups in total. The molecule has 6 heteroatoms. The molecular formula is C11H15F2N3O. The van der Waals surface area contributed by atoms with E-state index in [1.165, 1.54) is 0 Å². The summed E-state index contributed by atoms with van der Waals surface area (Å²) in [4.78, 5) is 5.76.